The number of carbonyl (C=O) groups is 1. The molecule has 5 heteroatoms. The summed E-state index contributed by atoms with van der Waals surface area (Å²) in [5.74, 6) is -2.49. The van der Waals surface area contributed by atoms with Crippen LogP contribution in [-0.2, 0) is 0 Å². The van der Waals surface area contributed by atoms with Gasteiger partial charge >= 0.3 is 0 Å². The molecule has 0 bridgehead atoms. The number of hydrogen-bond donors (Lipinski definition) is 1. The van der Waals surface area contributed by atoms with E-state index in [1.54, 1.807) is 0 Å². The van der Waals surface area contributed by atoms with Gasteiger partial charge in [0.05, 0.1) is 6.04 Å². The van der Waals surface area contributed by atoms with Crippen LogP contribution in [0.15, 0.2) is 60.7 Å². The van der Waals surface area contributed by atoms with Gasteiger partial charge in [-0.05, 0) is 42.6 Å². The van der Waals surface area contributed by atoms with Crippen LogP contribution in [0, 0.1) is 11.6 Å². The van der Waals surface area contributed by atoms with Crippen molar-refractivity contribution in [2.24, 2.45) is 0 Å². The van der Waals surface area contributed by atoms with Gasteiger partial charge in [0.25, 0.3) is 5.91 Å². The van der Waals surface area contributed by atoms with Crippen molar-refractivity contribution in [3.63, 3.8) is 0 Å². The van der Waals surface area contributed by atoms with Crippen molar-refractivity contribution < 1.29 is 13.6 Å². The van der Waals surface area contributed by atoms with Gasteiger partial charge in [-0.25, -0.2) is 8.78 Å². The average molecular weight is 354 g/mol. The van der Waals surface area contributed by atoms with E-state index >= 15 is 0 Å². The molecule has 1 amide bonds. The number of rotatable bonds is 5. The quantitative estimate of drug-likeness (QED) is 0.746. The highest BCUT2D eigenvalue weighted by atomic mass is 19.1. The number of hydrogen-bond acceptors (Lipinski definition) is 2. The van der Waals surface area contributed by atoms with Crippen LogP contribution in [0.1, 0.15) is 22.0 Å². The molecular weight excluding hydrogens is 334 g/mol. The molecule has 3 aromatic carbocycles. The van der Waals surface area contributed by atoms with Gasteiger partial charge in [0.15, 0.2) is 0 Å². The third-order valence-corrected chi connectivity index (χ3v) is 4.45. The minimum atomic E-state index is -0.867. The van der Waals surface area contributed by atoms with Gasteiger partial charge < -0.3 is 10.2 Å². The Morgan fingerprint density at radius 3 is 2.27 bits per heavy atom. The van der Waals surface area contributed by atoms with E-state index < -0.39 is 23.1 Å². The molecule has 0 aliphatic heterocycles. The summed E-state index contributed by atoms with van der Waals surface area (Å²) in [6.07, 6.45) is 0. The van der Waals surface area contributed by atoms with Crippen molar-refractivity contribution >= 4 is 16.7 Å². The van der Waals surface area contributed by atoms with Crippen LogP contribution in [0.2, 0.25) is 0 Å². The largest absolute Gasteiger partial charge is 0.350 e. The smallest absolute Gasteiger partial charge is 0.257 e. The lowest BCUT2D eigenvalue weighted by atomic mass is 9.98. The van der Waals surface area contributed by atoms with Crippen LogP contribution in [0.3, 0.4) is 0 Å². The Kier molecular flexibility index (Phi) is 5.28. The lowest BCUT2D eigenvalue weighted by Gasteiger charge is -2.26. The SMILES string of the molecule is CN(C)C(CNC(=O)c1c(F)cccc1F)c1cccc2ccccc12. The molecule has 0 aliphatic rings. The summed E-state index contributed by atoms with van der Waals surface area (Å²) in [6.45, 7) is 0.230. The monoisotopic (exact) mass is 354 g/mol. The molecule has 0 radical (unpaired) electrons. The van der Waals surface area contributed by atoms with Gasteiger partial charge in [0.1, 0.15) is 17.2 Å². The zero-order valence-corrected chi connectivity index (χ0v) is 14.7. The highest BCUT2D eigenvalue weighted by Gasteiger charge is 2.21. The molecule has 0 saturated heterocycles. The first-order valence-corrected chi connectivity index (χ1v) is 8.35. The lowest BCUT2D eigenvalue weighted by molar-refractivity contribution is 0.0933. The minimum Gasteiger partial charge on any atom is -0.350 e. The van der Waals surface area contributed by atoms with Gasteiger partial charge in [-0.15, -0.1) is 0 Å². The van der Waals surface area contributed by atoms with Crippen LogP contribution in [0.25, 0.3) is 10.8 Å². The molecule has 1 atom stereocenters. The maximum atomic E-state index is 13.8. The van der Waals surface area contributed by atoms with E-state index in [0.29, 0.717) is 0 Å². The maximum Gasteiger partial charge on any atom is 0.257 e. The Hall–Kier alpha value is -2.79. The number of benzene rings is 3. The second kappa shape index (κ2) is 7.62. The van der Waals surface area contributed by atoms with Crippen molar-refractivity contribution in [1.82, 2.24) is 10.2 Å². The van der Waals surface area contributed by atoms with Crippen molar-refractivity contribution in [3.05, 3.63) is 83.4 Å². The molecule has 0 fully saturated rings. The Labute approximate surface area is 151 Å². The molecule has 0 heterocycles. The molecule has 134 valence electrons. The topological polar surface area (TPSA) is 32.3 Å². The molecule has 0 aromatic heterocycles. The summed E-state index contributed by atoms with van der Waals surface area (Å²) in [5.41, 5.74) is 0.491. The Morgan fingerprint density at radius 1 is 0.962 bits per heavy atom. The number of nitrogens with zero attached hydrogens (tertiary/aromatic N) is 1. The molecular formula is C21H20F2N2O. The number of nitrogens with one attached hydrogen (secondary N) is 1. The fraction of sp³-hybridized carbons (Fsp3) is 0.190. The van der Waals surface area contributed by atoms with Crippen LogP contribution in [0.5, 0.6) is 0 Å². The predicted octanol–water partition coefficient (Wildman–Crippen LogP) is 4.15. The van der Waals surface area contributed by atoms with E-state index in [-0.39, 0.29) is 12.6 Å². The standard InChI is InChI=1S/C21H20F2N2O/c1-25(2)19(16-10-5-8-14-7-3-4-9-15(14)16)13-24-21(26)20-17(22)11-6-12-18(20)23/h3-12,19H,13H2,1-2H3,(H,24,26). The summed E-state index contributed by atoms with van der Waals surface area (Å²) in [5, 5.41) is 4.85. The zero-order valence-electron chi connectivity index (χ0n) is 14.7. The third kappa shape index (κ3) is 3.58. The normalized spacial score (nSPS) is 12.3. The summed E-state index contributed by atoms with van der Waals surface area (Å²) in [6, 6.07) is 17.2. The predicted molar refractivity (Wildman–Crippen MR) is 99.1 cm³/mol. The van der Waals surface area contributed by atoms with Crippen molar-refractivity contribution in [2.75, 3.05) is 20.6 Å². The lowest BCUT2D eigenvalue weighted by Crippen LogP contribution is -2.35. The van der Waals surface area contributed by atoms with Gasteiger partial charge in [-0.3, -0.25) is 4.79 Å². The average Bonchev–Trinajstić information content (AvgIpc) is 2.61. The summed E-state index contributed by atoms with van der Waals surface area (Å²) < 4.78 is 27.6. The Balaban J connectivity index is 1.87. The first-order chi connectivity index (χ1) is 12.5. The fourth-order valence-electron chi connectivity index (χ4n) is 3.10. The molecule has 0 aliphatic carbocycles. The fourth-order valence-corrected chi connectivity index (χ4v) is 3.10. The van der Waals surface area contributed by atoms with Gasteiger partial charge in [0.2, 0.25) is 0 Å². The molecule has 26 heavy (non-hydrogen) atoms. The van der Waals surface area contributed by atoms with E-state index in [4.69, 9.17) is 0 Å². The highest BCUT2D eigenvalue weighted by molar-refractivity contribution is 5.94. The number of amides is 1. The second-order valence-corrected chi connectivity index (χ2v) is 6.35. The summed E-state index contributed by atoms with van der Waals surface area (Å²) >= 11 is 0. The number of halogens is 2. The van der Waals surface area contributed by atoms with Crippen LogP contribution >= 0.6 is 0 Å². The number of fused-ring (bicyclic) bond motifs is 1. The summed E-state index contributed by atoms with van der Waals surface area (Å²) in [7, 11) is 3.81. The van der Waals surface area contributed by atoms with Crippen LogP contribution < -0.4 is 5.32 Å². The molecule has 3 rings (SSSR count). The van der Waals surface area contributed by atoms with Crippen LogP contribution in [-0.4, -0.2) is 31.4 Å². The molecule has 3 nitrogen and oxygen atoms in total. The van der Waals surface area contributed by atoms with Crippen molar-refractivity contribution in [1.29, 1.82) is 0 Å². The second-order valence-electron chi connectivity index (χ2n) is 6.35. The minimum absolute atomic E-state index is 0.139. The van der Waals surface area contributed by atoms with Crippen molar-refractivity contribution in [3.8, 4) is 0 Å². The van der Waals surface area contributed by atoms with Gasteiger partial charge in [-0.1, -0.05) is 48.5 Å². The first kappa shape index (κ1) is 18.0. The maximum absolute atomic E-state index is 13.8. The van der Waals surface area contributed by atoms with Gasteiger partial charge in [-0.2, -0.15) is 0 Å². The van der Waals surface area contributed by atoms with E-state index in [1.165, 1.54) is 6.07 Å². The molecule has 3 aromatic rings. The molecule has 1 unspecified atom stereocenters. The summed E-state index contributed by atoms with van der Waals surface area (Å²) in [4.78, 5) is 14.3. The Bertz CT molecular complexity index is 915. The van der Waals surface area contributed by atoms with Gasteiger partial charge in [0, 0.05) is 6.54 Å². The van der Waals surface area contributed by atoms with Crippen LogP contribution in [0.4, 0.5) is 8.78 Å². The number of likely N-dealkylation sites (N-methyl/N-ethyl adjacent to an activating group) is 1. The highest BCUT2D eigenvalue weighted by Crippen LogP contribution is 2.27. The van der Waals surface area contributed by atoms with E-state index in [1.807, 2.05) is 61.5 Å². The van der Waals surface area contributed by atoms with E-state index in [9.17, 15) is 13.6 Å². The first-order valence-electron chi connectivity index (χ1n) is 8.35. The van der Waals surface area contributed by atoms with E-state index in [2.05, 4.69) is 5.32 Å². The van der Waals surface area contributed by atoms with Crippen molar-refractivity contribution in [2.45, 2.75) is 6.04 Å². The molecule has 0 saturated carbocycles. The third-order valence-electron chi connectivity index (χ3n) is 4.45. The number of carbonyl (C=O) groups excluding carboxylic acids is 1. The zero-order chi connectivity index (χ0) is 18.7. The Morgan fingerprint density at radius 2 is 1.58 bits per heavy atom. The molecule has 0 spiro atoms. The molecule has 1 N–H and O–H groups in total. The van der Waals surface area contributed by atoms with E-state index in [0.717, 1.165) is 28.5 Å².